The summed E-state index contributed by atoms with van der Waals surface area (Å²) in [4.78, 5) is 24.1. The molecule has 0 radical (unpaired) electrons. The maximum Gasteiger partial charge on any atom is 0.573 e. The van der Waals surface area contributed by atoms with Crippen LogP contribution in [0.15, 0.2) is 57.7 Å². The summed E-state index contributed by atoms with van der Waals surface area (Å²) < 4.78 is 89.6. The molecule has 0 fully saturated rings. The minimum absolute atomic E-state index is 0. The van der Waals surface area contributed by atoms with E-state index in [1.807, 2.05) is 20.8 Å². The third kappa shape index (κ3) is 12.6. The molecule has 8 nitrogen and oxygen atoms in total. The molecule has 0 amide bonds. The van der Waals surface area contributed by atoms with Crippen molar-refractivity contribution in [2.75, 3.05) is 0 Å². The molecule has 0 atom stereocenters. The van der Waals surface area contributed by atoms with Crippen LogP contribution in [0.2, 0.25) is 19.6 Å². The standard InChI is InChI=1S/C14H13BrF3NO3.C13H14BrNO3.C4H9F3Si.CH4/c1-13(2,3)22-12(20)19-7-6-8-9(19)4-5-10(11(8)15)21-14(16,17)18;1-13(2,3)18-12(17)15-7-6-8-9(15)4-5-10(16)11(8)14;1-8(2,3)4(5,6)7;/h4-7H,1-3H3;4-7,16H,1-3H3;1-3H3;1H4. The van der Waals surface area contributed by atoms with E-state index in [-0.39, 0.29) is 23.4 Å². The Balaban J connectivity index is 0.000000401. The molecule has 2 aromatic carbocycles. The highest BCUT2D eigenvalue weighted by molar-refractivity contribution is 9.11. The lowest BCUT2D eigenvalue weighted by molar-refractivity contribution is -0.274. The van der Waals surface area contributed by atoms with E-state index in [9.17, 15) is 41.0 Å². The lowest BCUT2D eigenvalue weighted by Gasteiger charge is -2.20. The Labute approximate surface area is 298 Å². The van der Waals surface area contributed by atoms with Crippen molar-refractivity contribution in [1.82, 2.24) is 9.13 Å². The second-order valence-corrected chi connectivity index (χ2v) is 19.9. The van der Waals surface area contributed by atoms with Gasteiger partial charge in [0.2, 0.25) is 0 Å². The zero-order valence-electron chi connectivity index (χ0n) is 27.5. The second-order valence-electron chi connectivity index (χ2n) is 13.3. The minimum Gasteiger partial charge on any atom is -0.507 e. The van der Waals surface area contributed by atoms with Gasteiger partial charge in [-0.25, -0.2) is 9.59 Å². The molecule has 0 saturated heterocycles. The van der Waals surface area contributed by atoms with Crippen LogP contribution in [-0.4, -0.2) is 57.9 Å². The van der Waals surface area contributed by atoms with E-state index in [0.29, 0.717) is 20.9 Å². The average molecular weight is 851 g/mol. The first-order chi connectivity index (χ1) is 21.5. The van der Waals surface area contributed by atoms with Crippen LogP contribution in [0, 0.1) is 0 Å². The van der Waals surface area contributed by atoms with Crippen molar-refractivity contribution in [2.24, 2.45) is 0 Å². The number of ether oxygens (including phenoxy) is 3. The highest BCUT2D eigenvalue weighted by atomic mass is 79.9. The number of alkyl halides is 6. The normalized spacial score (nSPS) is 12.3. The molecule has 4 rings (SSSR count). The van der Waals surface area contributed by atoms with Crippen molar-refractivity contribution < 1.29 is 55.2 Å². The maximum absolute atomic E-state index is 12.3. The number of aromatic hydroxyl groups is 1. The van der Waals surface area contributed by atoms with Gasteiger partial charge in [0.15, 0.2) is 8.07 Å². The zero-order valence-corrected chi connectivity index (χ0v) is 31.7. The van der Waals surface area contributed by atoms with Gasteiger partial charge in [0.25, 0.3) is 0 Å². The smallest absolute Gasteiger partial charge is 0.507 e. The monoisotopic (exact) mass is 848 g/mol. The molecule has 0 unspecified atom stereocenters. The van der Waals surface area contributed by atoms with Gasteiger partial charge in [0.1, 0.15) is 22.7 Å². The van der Waals surface area contributed by atoms with Crippen LogP contribution < -0.4 is 4.74 Å². The molecule has 274 valence electrons. The largest absolute Gasteiger partial charge is 0.573 e. The number of hydrogen-bond donors (Lipinski definition) is 1. The van der Waals surface area contributed by atoms with Gasteiger partial charge in [-0.05, 0) is 110 Å². The van der Waals surface area contributed by atoms with Gasteiger partial charge >= 0.3 is 24.3 Å². The molecule has 0 aliphatic carbocycles. The number of nitrogens with zero attached hydrogens (tertiary/aromatic N) is 2. The Morgan fingerprint density at radius 1 is 0.694 bits per heavy atom. The average Bonchev–Trinajstić information content (AvgIpc) is 3.50. The molecule has 1 N–H and O–H groups in total. The van der Waals surface area contributed by atoms with E-state index in [4.69, 9.17) is 9.47 Å². The van der Waals surface area contributed by atoms with Crippen molar-refractivity contribution in [1.29, 1.82) is 0 Å². The number of benzene rings is 2. The molecule has 0 spiro atoms. The SMILES string of the molecule is C.CC(C)(C)OC(=O)n1ccc2c(Br)c(O)ccc21.CC(C)(C)OC(=O)n1ccc2c(Br)c(OC(F)(F)F)ccc21.C[Si](C)(C)C(F)(F)F. The molecule has 0 saturated carbocycles. The molecule has 2 heterocycles. The number of carbonyl (C=O) groups excluding carboxylic acids is 2. The summed E-state index contributed by atoms with van der Waals surface area (Å²) >= 11 is 6.36. The molecule has 2 aromatic heterocycles. The predicted molar refractivity (Wildman–Crippen MR) is 187 cm³/mol. The van der Waals surface area contributed by atoms with Crippen LogP contribution in [0.4, 0.5) is 35.9 Å². The lowest BCUT2D eigenvalue weighted by Crippen LogP contribution is -2.40. The molecule has 0 aliphatic rings. The van der Waals surface area contributed by atoms with Gasteiger partial charge in [-0.15, -0.1) is 13.2 Å². The predicted octanol–water partition coefficient (Wildman–Crippen LogP) is 12.0. The summed E-state index contributed by atoms with van der Waals surface area (Å²) in [5.74, 6) is -4.15. The first-order valence-electron chi connectivity index (χ1n) is 14.1. The molecular weight excluding hydrogens is 810 g/mol. The van der Waals surface area contributed by atoms with E-state index >= 15 is 0 Å². The molecule has 4 aromatic rings. The number of phenolic OH excluding ortho intramolecular Hbond substituents is 1. The number of rotatable bonds is 1. The molecular formula is C32H40Br2F6N2O6Si. The maximum atomic E-state index is 12.3. The molecule has 17 heteroatoms. The number of phenols is 1. The Kier molecular flexibility index (Phi) is 14.1. The fraction of sp³-hybridized carbons (Fsp3) is 0.438. The fourth-order valence-corrected chi connectivity index (χ4v) is 4.49. The Hall–Kier alpha value is -3.18. The summed E-state index contributed by atoms with van der Waals surface area (Å²) in [7, 11) is -2.86. The summed E-state index contributed by atoms with van der Waals surface area (Å²) in [6.45, 7) is 14.5. The van der Waals surface area contributed by atoms with Crippen LogP contribution in [-0.2, 0) is 9.47 Å². The summed E-state index contributed by atoms with van der Waals surface area (Å²) in [6.07, 6.45) is -2.78. The van der Waals surface area contributed by atoms with Gasteiger partial charge in [-0.1, -0.05) is 27.1 Å². The quantitative estimate of drug-likeness (QED) is 0.151. The van der Waals surface area contributed by atoms with E-state index in [2.05, 4.69) is 36.6 Å². The number of hydrogen-bond acceptors (Lipinski definition) is 6. The number of fused-ring (bicyclic) bond motifs is 2. The van der Waals surface area contributed by atoms with Crippen molar-refractivity contribution in [3.8, 4) is 11.5 Å². The Morgan fingerprint density at radius 3 is 1.41 bits per heavy atom. The Morgan fingerprint density at radius 2 is 1.06 bits per heavy atom. The number of carbonyl (C=O) groups is 2. The first kappa shape index (κ1) is 43.8. The highest BCUT2D eigenvalue weighted by Gasteiger charge is 2.45. The van der Waals surface area contributed by atoms with Crippen LogP contribution in [0.3, 0.4) is 0 Å². The Bertz CT molecular complexity index is 1750. The number of halogens is 8. The van der Waals surface area contributed by atoms with Gasteiger partial charge in [0.05, 0.1) is 20.0 Å². The van der Waals surface area contributed by atoms with Gasteiger partial charge < -0.3 is 19.3 Å². The summed E-state index contributed by atoms with van der Waals surface area (Å²) in [5, 5.41) is 10.8. The molecule has 0 bridgehead atoms. The highest BCUT2D eigenvalue weighted by Crippen LogP contribution is 2.37. The first-order valence-corrected chi connectivity index (χ1v) is 19.2. The molecule has 49 heavy (non-hydrogen) atoms. The minimum atomic E-state index is -4.79. The van der Waals surface area contributed by atoms with Crippen molar-refractivity contribution in [3.63, 3.8) is 0 Å². The van der Waals surface area contributed by atoms with Gasteiger partial charge in [0, 0.05) is 23.2 Å². The van der Waals surface area contributed by atoms with Gasteiger partial charge in [-0.3, -0.25) is 9.13 Å². The topological polar surface area (TPSA) is 91.9 Å². The van der Waals surface area contributed by atoms with E-state index in [1.165, 1.54) is 53.2 Å². The summed E-state index contributed by atoms with van der Waals surface area (Å²) in [6, 6.07) is 8.98. The van der Waals surface area contributed by atoms with Crippen LogP contribution in [0.25, 0.3) is 21.8 Å². The van der Waals surface area contributed by atoms with E-state index in [0.717, 1.165) is 11.5 Å². The van der Waals surface area contributed by atoms with Crippen molar-refractivity contribution in [2.45, 2.75) is 92.0 Å². The molecule has 0 aliphatic heterocycles. The van der Waals surface area contributed by atoms with Gasteiger partial charge in [-0.2, -0.15) is 13.2 Å². The van der Waals surface area contributed by atoms with Crippen molar-refractivity contribution >= 4 is 73.9 Å². The zero-order chi connectivity index (χ0) is 37.2. The summed E-state index contributed by atoms with van der Waals surface area (Å²) in [5.41, 5.74) is -0.115. The van der Waals surface area contributed by atoms with E-state index in [1.54, 1.807) is 39.1 Å². The fourth-order valence-electron chi connectivity index (χ4n) is 3.47. The third-order valence-corrected chi connectivity index (χ3v) is 9.17. The number of aromatic nitrogens is 2. The van der Waals surface area contributed by atoms with Crippen LogP contribution in [0.1, 0.15) is 49.0 Å². The second kappa shape index (κ2) is 15.8. The lowest BCUT2D eigenvalue weighted by atomic mass is 10.2. The van der Waals surface area contributed by atoms with Crippen LogP contribution >= 0.6 is 31.9 Å². The van der Waals surface area contributed by atoms with Crippen molar-refractivity contribution in [3.05, 3.63) is 57.7 Å². The van der Waals surface area contributed by atoms with E-state index < -0.39 is 43.6 Å². The van der Waals surface area contributed by atoms with Crippen LogP contribution in [0.5, 0.6) is 11.5 Å². The third-order valence-electron chi connectivity index (χ3n) is 5.81.